The van der Waals surface area contributed by atoms with Crippen molar-refractivity contribution in [3.05, 3.63) is 65.7 Å². The summed E-state index contributed by atoms with van der Waals surface area (Å²) in [5.74, 6) is -1.31. The van der Waals surface area contributed by atoms with Gasteiger partial charge in [-0.3, -0.25) is 14.9 Å². The zero-order valence-electron chi connectivity index (χ0n) is 14.8. The van der Waals surface area contributed by atoms with E-state index in [9.17, 15) is 9.59 Å². The summed E-state index contributed by atoms with van der Waals surface area (Å²) in [5.41, 5.74) is 2.36. The Labute approximate surface area is 156 Å². The third kappa shape index (κ3) is 4.03. The molecule has 6 heteroatoms. The van der Waals surface area contributed by atoms with E-state index in [1.165, 1.54) is 11.3 Å². The van der Waals surface area contributed by atoms with E-state index in [2.05, 4.69) is 36.3 Å². The Morgan fingerprint density at radius 2 is 1.58 bits per heavy atom. The van der Waals surface area contributed by atoms with Gasteiger partial charge in [-0.25, -0.2) is 0 Å². The molecule has 1 amide bonds. The monoisotopic (exact) mass is 365 g/mol. The smallest absolute Gasteiger partial charge is 0.293 e. The van der Waals surface area contributed by atoms with Gasteiger partial charge in [0.25, 0.3) is 11.7 Å². The van der Waals surface area contributed by atoms with Gasteiger partial charge in [0.1, 0.15) is 5.01 Å². The maximum Gasteiger partial charge on any atom is 0.298 e. The van der Waals surface area contributed by atoms with Crippen molar-refractivity contribution in [3.8, 4) is 10.6 Å². The van der Waals surface area contributed by atoms with Gasteiger partial charge >= 0.3 is 0 Å². The van der Waals surface area contributed by atoms with Crippen LogP contribution in [-0.4, -0.2) is 21.9 Å². The summed E-state index contributed by atoms with van der Waals surface area (Å²) in [6.45, 7) is 6.28. The summed E-state index contributed by atoms with van der Waals surface area (Å²) >= 11 is 1.23. The highest BCUT2D eigenvalue weighted by Gasteiger charge is 2.20. The van der Waals surface area contributed by atoms with Crippen LogP contribution in [0, 0.1) is 0 Å². The number of nitrogens with one attached hydrogen (secondary N) is 1. The quantitative estimate of drug-likeness (QED) is 0.552. The third-order valence-electron chi connectivity index (χ3n) is 3.89. The van der Waals surface area contributed by atoms with Crippen LogP contribution in [0.4, 0.5) is 5.13 Å². The SMILES string of the molecule is CC(C)(C)c1ccc(C(=O)C(=O)Nc2nnc(-c3ccccc3)s2)cc1. The summed E-state index contributed by atoms with van der Waals surface area (Å²) in [6.07, 6.45) is 0. The molecule has 0 atom stereocenters. The minimum absolute atomic E-state index is 0.00969. The van der Waals surface area contributed by atoms with Gasteiger partial charge in [0.05, 0.1) is 0 Å². The fourth-order valence-electron chi connectivity index (χ4n) is 2.38. The van der Waals surface area contributed by atoms with Crippen LogP contribution in [-0.2, 0) is 10.2 Å². The number of benzene rings is 2. The van der Waals surface area contributed by atoms with E-state index >= 15 is 0 Å². The Morgan fingerprint density at radius 3 is 2.19 bits per heavy atom. The molecule has 132 valence electrons. The number of hydrogen-bond acceptors (Lipinski definition) is 5. The number of hydrogen-bond donors (Lipinski definition) is 1. The number of carbonyl (C=O) groups is 2. The minimum atomic E-state index is -0.718. The predicted octanol–water partition coefficient (Wildman–Crippen LogP) is 4.32. The van der Waals surface area contributed by atoms with Crippen molar-refractivity contribution >= 4 is 28.2 Å². The molecule has 0 unspecified atom stereocenters. The Bertz CT molecular complexity index is 926. The Morgan fingerprint density at radius 1 is 0.923 bits per heavy atom. The summed E-state index contributed by atoms with van der Waals surface area (Å²) in [7, 11) is 0. The van der Waals surface area contributed by atoms with Crippen molar-refractivity contribution < 1.29 is 9.59 Å². The summed E-state index contributed by atoms with van der Waals surface area (Å²) < 4.78 is 0. The van der Waals surface area contributed by atoms with E-state index in [4.69, 9.17) is 0 Å². The maximum atomic E-state index is 12.3. The summed E-state index contributed by atoms with van der Waals surface area (Å²) in [6, 6.07) is 16.6. The number of aromatic nitrogens is 2. The van der Waals surface area contributed by atoms with E-state index < -0.39 is 11.7 Å². The number of anilines is 1. The number of rotatable bonds is 4. The van der Waals surface area contributed by atoms with Crippen LogP contribution in [0.5, 0.6) is 0 Å². The summed E-state index contributed by atoms with van der Waals surface area (Å²) in [5, 5.41) is 11.5. The topological polar surface area (TPSA) is 72.0 Å². The first-order valence-corrected chi connectivity index (χ1v) is 9.01. The molecule has 5 nitrogen and oxygen atoms in total. The Kier molecular flexibility index (Phi) is 4.95. The van der Waals surface area contributed by atoms with Crippen LogP contribution in [0.15, 0.2) is 54.6 Å². The molecule has 0 fully saturated rings. The molecule has 0 radical (unpaired) electrons. The largest absolute Gasteiger partial charge is 0.298 e. The standard InChI is InChI=1S/C20H19N3O2S/c1-20(2,3)15-11-9-13(10-12-15)16(24)17(25)21-19-23-22-18(26-19)14-7-5-4-6-8-14/h4-12H,1-3H3,(H,21,23,25). The van der Waals surface area contributed by atoms with Gasteiger partial charge in [0.15, 0.2) is 0 Å². The first-order valence-electron chi connectivity index (χ1n) is 8.20. The first-order chi connectivity index (χ1) is 12.3. The van der Waals surface area contributed by atoms with Gasteiger partial charge in [-0.2, -0.15) is 0 Å². The molecule has 3 aromatic rings. The lowest BCUT2D eigenvalue weighted by molar-refractivity contribution is -0.112. The molecule has 0 aliphatic carbocycles. The van der Waals surface area contributed by atoms with Crippen molar-refractivity contribution in [2.45, 2.75) is 26.2 Å². The van der Waals surface area contributed by atoms with Gasteiger partial charge in [-0.1, -0.05) is 86.7 Å². The molecule has 0 bridgehead atoms. The van der Waals surface area contributed by atoms with Crippen LogP contribution < -0.4 is 5.32 Å². The molecule has 26 heavy (non-hydrogen) atoms. The van der Waals surface area contributed by atoms with Gasteiger partial charge in [-0.15, -0.1) is 10.2 Å². The number of ketones is 1. The molecular weight excluding hydrogens is 346 g/mol. The van der Waals surface area contributed by atoms with E-state index in [0.29, 0.717) is 15.7 Å². The van der Waals surface area contributed by atoms with Crippen LogP contribution >= 0.6 is 11.3 Å². The van der Waals surface area contributed by atoms with E-state index in [-0.39, 0.29) is 5.41 Å². The zero-order valence-corrected chi connectivity index (χ0v) is 15.6. The lowest BCUT2D eigenvalue weighted by Crippen LogP contribution is -2.23. The first kappa shape index (κ1) is 17.9. The Balaban J connectivity index is 1.70. The van der Waals surface area contributed by atoms with Crippen molar-refractivity contribution in [3.63, 3.8) is 0 Å². The van der Waals surface area contributed by atoms with Crippen molar-refractivity contribution in [2.75, 3.05) is 5.32 Å². The van der Waals surface area contributed by atoms with E-state index in [1.807, 2.05) is 42.5 Å². The number of nitrogens with zero attached hydrogens (tertiary/aromatic N) is 2. The highest BCUT2D eigenvalue weighted by molar-refractivity contribution is 7.18. The van der Waals surface area contributed by atoms with Crippen molar-refractivity contribution in [1.82, 2.24) is 10.2 Å². The molecular formula is C20H19N3O2S. The molecule has 0 aliphatic rings. The normalized spacial score (nSPS) is 11.2. The van der Waals surface area contributed by atoms with Crippen molar-refractivity contribution in [1.29, 1.82) is 0 Å². The number of Topliss-reactive ketones (excluding diaryl/α,β-unsaturated/α-hetero) is 1. The van der Waals surface area contributed by atoms with E-state index in [1.54, 1.807) is 12.1 Å². The second-order valence-electron chi connectivity index (χ2n) is 6.89. The predicted molar refractivity (Wildman–Crippen MR) is 103 cm³/mol. The maximum absolute atomic E-state index is 12.3. The minimum Gasteiger partial charge on any atom is -0.293 e. The lowest BCUT2D eigenvalue weighted by atomic mass is 9.86. The highest BCUT2D eigenvalue weighted by Crippen LogP contribution is 2.26. The van der Waals surface area contributed by atoms with Gasteiger partial charge in [0.2, 0.25) is 5.13 Å². The molecule has 1 heterocycles. The van der Waals surface area contributed by atoms with Crippen LogP contribution in [0.25, 0.3) is 10.6 Å². The molecule has 0 saturated heterocycles. The van der Waals surface area contributed by atoms with E-state index in [0.717, 1.165) is 11.1 Å². The molecule has 1 N–H and O–H groups in total. The van der Waals surface area contributed by atoms with Gasteiger partial charge in [0, 0.05) is 11.1 Å². The average molecular weight is 365 g/mol. The molecule has 0 aliphatic heterocycles. The molecule has 0 saturated carbocycles. The molecule has 0 spiro atoms. The second-order valence-corrected chi connectivity index (χ2v) is 7.87. The average Bonchev–Trinajstić information content (AvgIpc) is 3.09. The molecule has 2 aromatic carbocycles. The number of carbonyl (C=O) groups excluding carboxylic acids is 2. The number of amides is 1. The van der Waals surface area contributed by atoms with Crippen LogP contribution in [0.1, 0.15) is 36.7 Å². The fraction of sp³-hybridized carbons (Fsp3) is 0.200. The zero-order chi connectivity index (χ0) is 18.7. The lowest BCUT2D eigenvalue weighted by Gasteiger charge is -2.18. The summed E-state index contributed by atoms with van der Waals surface area (Å²) in [4.78, 5) is 24.5. The van der Waals surface area contributed by atoms with Crippen LogP contribution in [0.3, 0.4) is 0 Å². The van der Waals surface area contributed by atoms with Gasteiger partial charge in [-0.05, 0) is 11.0 Å². The molecule has 3 rings (SSSR count). The Hall–Kier alpha value is -2.86. The van der Waals surface area contributed by atoms with Gasteiger partial charge < -0.3 is 0 Å². The third-order valence-corrected chi connectivity index (χ3v) is 4.77. The second kappa shape index (κ2) is 7.17. The van der Waals surface area contributed by atoms with Crippen molar-refractivity contribution in [2.24, 2.45) is 0 Å². The van der Waals surface area contributed by atoms with Crippen LogP contribution in [0.2, 0.25) is 0 Å². The highest BCUT2D eigenvalue weighted by atomic mass is 32.1. The fourth-order valence-corrected chi connectivity index (χ4v) is 3.12. The molecule has 1 aromatic heterocycles.